The normalized spacial score (nSPS) is 15.8. The van der Waals surface area contributed by atoms with E-state index in [1.165, 1.54) is 4.31 Å². The van der Waals surface area contributed by atoms with E-state index in [0.717, 1.165) is 43.5 Å². The second-order valence-corrected chi connectivity index (χ2v) is 9.69. The number of rotatable bonds is 6. The van der Waals surface area contributed by atoms with Crippen molar-refractivity contribution in [1.29, 1.82) is 0 Å². The lowest BCUT2D eigenvalue weighted by molar-refractivity contribution is 0.0730. The van der Waals surface area contributed by atoms with E-state index in [9.17, 15) is 25.6 Å². The zero-order valence-corrected chi connectivity index (χ0v) is 16.9. The average molecular weight is 448 g/mol. The van der Waals surface area contributed by atoms with E-state index < -0.39 is 37.4 Å². The maximum Gasteiger partial charge on any atom is 0.261 e. The van der Waals surface area contributed by atoms with Gasteiger partial charge in [0.25, 0.3) is 10.0 Å². The maximum absolute atomic E-state index is 13.8. The lowest BCUT2D eigenvalue weighted by atomic mass is 10.3. The number of morpholine rings is 1. The zero-order valence-electron chi connectivity index (χ0n) is 15.3. The Morgan fingerprint density at radius 2 is 1.48 bits per heavy atom. The summed E-state index contributed by atoms with van der Waals surface area (Å²) in [5.41, 5.74) is -0.342. The van der Waals surface area contributed by atoms with Gasteiger partial charge in [-0.05, 0) is 24.3 Å². The van der Waals surface area contributed by atoms with Crippen LogP contribution < -0.4 is 9.46 Å². The van der Waals surface area contributed by atoms with Crippen LogP contribution in [0.15, 0.2) is 46.2 Å². The molecule has 158 valence electrons. The summed E-state index contributed by atoms with van der Waals surface area (Å²) in [5.74, 6) is -2.78. The average Bonchev–Trinajstić information content (AvgIpc) is 2.68. The summed E-state index contributed by atoms with van der Waals surface area (Å²) in [6.07, 6.45) is 0. The molecular formula is C17H18F2N2O6S2. The molecule has 1 heterocycles. The highest BCUT2D eigenvalue weighted by molar-refractivity contribution is 7.92. The first kappa shape index (κ1) is 21.4. The molecule has 1 saturated heterocycles. The molecule has 0 amide bonds. The van der Waals surface area contributed by atoms with Crippen LogP contribution in [0.25, 0.3) is 0 Å². The highest BCUT2D eigenvalue weighted by Gasteiger charge is 2.27. The van der Waals surface area contributed by atoms with Gasteiger partial charge in [-0.25, -0.2) is 25.6 Å². The maximum atomic E-state index is 13.8. The summed E-state index contributed by atoms with van der Waals surface area (Å²) < 4.78 is 90.6. The quantitative estimate of drug-likeness (QED) is 0.723. The minimum Gasteiger partial charge on any atom is -0.491 e. The van der Waals surface area contributed by atoms with Gasteiger partial charge in [-0.2, -0.15) is 4.31 Å². The fraction of sp³-hybridized carbons (Fsp3) is 0.294. The second kappa shape index (κ2) is 8.22. The Bertz CT molecular complexity index is 1080. The molecular weight excluding hydrogens is 430 g/mol. The highest BCUT2D eigenvalue weighted by Crippen LogP contribution is 2.27. The van der Waals surface area contributed by atoms with Crippen molar-refractivity contribution >= 4 is 25.7 Å². The van der Waals surface area contributed by atoms with Crippen molar-refractivity contribution in [1.82, 2.24) is 4.31 Å². The van der Waals surface area contributed by atoms with Crippen LogP contribution in [-0.2, 0) is 24.8 Å². The number of halogens is 2. The van der Waals surface area contributed by atoms with Crippen LogP contribution in [0.2, 0.25) is 0 Å². The van der Waals surface area contributed by atoms with Gasteiger partial charge in [-0.1, -0.05) is 0 Å². The Kier molecular flexibility index (Phi) is 6.08. The summed E-state index contributed by atoms with van der Waals surface area (Å²) in [5, 5.41) is 0. The molecule has 1 aliphatic rings. The molecule has 12 heteroatoms. The molecule has 1 fully saturated rings. The number of methoxy groups -OCH3 is 1. The largest absolute Gasteiger partial charge is 0.491 e. The van der Waals surface area contributed by atoms with Crippen LogP contribution in [0.5, 0.6) is 5.75 Å². The molecule has 0 saturated carbocycles. The van der Waals surface area contributed by atoms with Crippen LogP contribution in [0.1, 0.15) is 0 Å². The third-order valence-corrected chi connectivity index (χ3v) is 7.51. The Hall–Kier alpha value is -2.28. The van der Waals surface area contributed by atoms with Crippen LogP contribution in [-0.4, -0.2) is 54.6 Å². The van der Waals surface area contributed by atoms with Gasteiger partial charge in [0.15, 0.2) is 17.4 Å². The van der Waals surface area contributed by atoms with E-state index >= 15 is 0 Å². The van der Waals surface area contributed by atoms with Gasteiger partial charge in [0.2, 0.25) is 10.0 Å². The Morgan fingerprint density at radius 1 is 0.966 bits per heavy atom. The monoisotopic (exact) mass is 448 g/mol. The molecule has 1 aliphatic heterocycles. The number of nitrogens with one attached hydrogen (secondary N) is 1. The number of ether oxygens (including phenoxy) is 2. The third-order valence-electron chi connectivity index (χ3n) is 4.20. The van der Waals surface area contributed by atoms with Gasteiger partial charge >= 0.3 is 0 Å². The molecule has 8 nitrogen and oxygen atoms in total. The number of nitrogens with zero attached hydrogens (tertiary/aromatic N) is 1. The first-order chi connectivity index (χ1) is 13.6. The molecule has 0 aromatic heterocycles. The molecule has 2 aromatic carbocycles. The molecule has 0 unspecified atom stereocenters. The van der Waals surface area contributed by atoms with Gasteiger partial charge in [0.05, 0.1) is 35.8 Å². The van der Waals surface area contributed by atoms with Crippen LogP contribution in [0.4, 0.5) is 14.5 Å². The predicted octanol–water partition coefficient (Wildman–Crippen LogP) is 1.80. The van der Waals surface area contributed by atoms with Crippen molar-refractivity contribution in [3.63, 3.8) is 0 Å². The van der Waals surface area contributed by atoms with Gasteiger partial charge in [0, 0.05) is 25.2 Å². The predicted molar refractivity (Wildman–Crippen MR) is 99.7 cm³/mol. The van der Waals surface area contributed by atoms with Gasteiger partial charge in [-0.15, -0.1) is 0 Å². The Labute approximate surface area is 167 Å². The Balaban J connectivity index is 1.83. The van der Waals surface area contributed by atoms with E-state index in [4.69, 9.17) is 4.74 Å². The van der Waals surface area contributed by atoms with Crippen molar-refractivity contribution in [2.24, 2.45) is 0 Å². The molecule has 29 heavy (non-hydrogen) atoms. The summed E-state index contributed by atoms with van der Waals surface area (Å²) >= 11 is 0. The van der Waals surface area contributed by atoms with E-state index in [1.807, 2.05) is 4.72 Å². The van der Waals surface area contributed by atoms with Crippen LogP contribution >= 0.6 is 0 Å². The van der Waals surface area contributed by atoms with Gasteiger partial charge in [0.1, 0.15) is 0 Å². The lowest BCUT2D eigenvalue weighted by Crippen LogP contribution is -2.40. The Morgan fingerprint density at radius 3 is 2.00 bits per heavy atom. The van der Waals surface area contributed by atoms with Crippen molar-refractivity contribution in [2.45, 2.75) is 9.79 Å². The van der Waals surface area contributed by atoms with Crippen LogP contribution in [0.3, 0.4) is 0 Å². The summed E-state index contributed by atoms with van der Waals surface area (Å²) in [6, 6.07) is 6.08. The van der Waals surface area contributed by atoms with Gasteiger partial charge in [-0.3, -0.25) is 4.72 Å². The molecule has 0 atom stereocenters. The molecule has 0 radical (unpaired) electrons. The molecule has 2 aromatic rings. The topological polar surface area (TPSA) is 102 Å². The van der Waals surface area contributed by atoms with E-state index in [-0.39, 0.29) is 41.8 Å². The number of benzene rings is 2. The highest BCUT2D eigenvalue weighted by atomic mass is 32.2. The third kappa shape index (κ3) is 4.50. The number of anilines is 1. The SMILES string of the molecule is COc1c(F)cc(NS(=O)(=O)c2ccc(S(=O)(=O)N3CCOCC3)cc2)cc1F. The van der Waals surface area contributed by atoms with Crippen molar-refractivity contribution in [2.75, 3.05) is 38.1 Å². The minimum absolute atomic E-state index is 0.0695. The minimum atomic E-state index is -4.21. The number of sulfonamides is 2. The second-order valence-electron chi connectivity index (χ2n) is 6.07. The molecule has 0 spiro atoms. The van der Waals surface area contributed by atoms with E-state index in [1.54, 1.807) is 0 Å². The van der Waals surface area contributed by atoms with E-state index in [2.05, 4.69) is 4.74 Å². The molecule has 0 aliphatic carbocycles. The summed E-state index contributed by atoms with van der Waals surface area (Å²) in [7, 11) is -6.90. The lowest BCUT2D eigenvalue weighted by Gasteiger charge is -2.26. The first-order valence-electron chi connectivity index (χ1n) is 8.39. The summed E-state index contributed by atoms with van der Waals surface area (Å²) in [4.78, 5) is -0.338. The molecule has 3 rings (SSSR count). The number of hydrogen-bond acceptors (Lipinski definition) is 6. The zero-order chi connectivity index (χ0) is 21.2. The summed E-state index contributed by atoms with van der Waals surface area (Å²) in [6.45, 7) is 0.978. The van der Waals surface area contributed by atoms with Crippen molar-refractivity contribution in [3.05, 3.63) is 48.0 Å². The van der Waals surface area contributed by atoms with Crippen molar-refractivity contribution < 1.29 is 35.1 Å². The van der Waals surface area contributed by atoms with Gasteiger partial charge < -0.3 is 9.47 Å². The molecule has 1 N–H and O–H groups in total. The number of hydrogen-bond donors (Lipinski definition) is 1. The molecule has 0 bridgehead atoms. The van der Waals surface area contributed by atoms with Crippen LogP contribution in [0, 0.1) is 11.6 Å². The van der Waals surface area contributed by atoms with Crippen molar-refractivity contribution in [3.8, 4) is 5.75 Å². The fourth-order valence-corrected chi connectivity index (χ4v) is 5.20. The van der Waals surface area contributed by atoms with E-state index in [0.29, 0.717) is 0 Å². The first-order valence-corrected chi connectivity index (χ1v) is 11.3. The smallest absolute Gasteiger partial charge is 0.261 e. The standard InChI is InChI=1S/C17H18F2N2O6S2/c1-26-17-15(18)10-12(11-16(17)19)20-28(22,23)13-2-4-14(5-3-13)29(24,25)21-6-8-27-9-7-21/h2-5,10-11,20H,6-9H2,1H3. The fourth-order valence-electron chi connectivity index (χ4n) is 2.75.